The molecule has 182 valence electrons. The maximum atomic E-state index is 4.89. The van der Waals surface area contributed by atoms with E-state index in [-0.39, 0.29) is 0 Å². The molecule has 2 aromatic heterocycles. The number of fused-ring (bicyclic) bond motifs is 5. The van der Waals surface area contributed by atoms with E-state index < -0.39 is 0 Å². The van der Waals surface area contributed by atoms with Crippen molar-refractivity contribution in [3.05, 3.63) is 149 Å². The first-order chi connectivity index (χ1) is 19.4. The van der Waals surface area contributed by atoms with Gasteiger partial charge in [-0.1, -0.05) is 103 Å². The van der Waals surface area contributed by atoms with E-state index in [0.29, 0.717) is 5.92 Å². The third kappa shape index (κ3) is 2.83. The van der Waals surface area contributed by atoms with Gasteiger partial charge in [-0.3, -0.25) is 4.98 Å². The highest BCUT2D eigenvalue weighted by Gasteiger charge is 2.32. The normalized spacial score (nSPS) is 17.0. The van der Waals surface area contributed by atoms with Crippen molar-refractivity contribution in [2.45, 2.75) is 12.3 Å². The van der Waals surface area contributed by atoms with Crippen LogP contribution in [0.5, 0.6) is 0 Å². The molecule has 39 heavy (non-hydrogen) atoms. The van der Waals surface area contributed by atoms with E-state index >= 15 is 0 Å². The summed E-state index contributed by atoms with van der Waals surface area (Å²) in [4.78, 5) is 4.89. The van der Waals surface area contributed by atoms with Gasteiger partial charge in [-0.25, -0.2) is 0 Å². The molecule has 0 radical (unpaired) electrons. The van der Waals surface area contributed by atoms with E-state index in [1.54, 1.807) is 0 Å². The van der Waals surface area contributed by atoms with Gasteiger partial charge in [0.25, 0.3) is 0 Å². The van der Waals surface area contributed by atoms with Crippen LogP contribution in [0.2, 0.25) is 0 Å². The van der Waals surface area contributed by atoms with Crippen molar-refractivity contribution < 1.29 is 0 Å². The second-order valence-corrected chi connectivity index (χ2v) is 10.7. The fourth-order valence-electron chi connectivity index (χ4n) is 7.10. The van der Waals surface area contributed by atoms with Gasteiger partial charge in [0.15, 0.2) is 0 Å². The van der Waals surface area contributed by atoms with Crippen molar-refractivity contribution in [3.8, 4) is 22.3 Å². The summed E-state index contributed by atoms with van der Waals surface area (Å²) in [6.07, 6.45) is 16.9. The minimum absolute atomic E-state index is 0.345. The number of allylic oxidation sites excluding steroid dienone is 7. The van der Waals surface area contributed by atoms with Gasteiger partial charge in [-0.15, -0.1) is 0 Å². The topological polar surface area (TPSA) is 17.3 Å². The number of para-hydroxylation sites is 3. The van der Waals surface area contributed by atoms with Gasteiger partial charge in [0.05, 0.1) is 28.3 Å². The lowest BCUT2D eigenvalue weighted by Gasteiger charge is -2.34. The quantitative estimate of drug-likeness (QED) is 0.234. The van der Waals surface area contributed by atoms with Gasteiger partial charge < -0.3 is 4.40 Å². The summed E-state index contributed by atoms with van der Waals surface area (Å²) in [7, 11) is 0. The van der Waals surface area contributed by atoms with Crippen molar-refractivity contribution >= 4 is 33.5 Å². The zero-order valence-corrected chi connectivity index (χ0v) is 21.3. The Hall–Kier alpha value is -4.95. The number of aromatic nitrogens is 2. The molecule has 4 aromatic carbocycles. The van der Waals surface area contributed by atoms with E-state index in [1.807, 2.05) is 6.20 Å². The zero-order valence-electron chi connectivity index (χ0n) is 21.3. The molecule has 0 N–H and O–H groups in total. The lowest BCUT2D eigenvalue weighted by Crippen LogP contribution is -2.17. The van der Waals surface area contributed by atoms with Crippen LogP contribution in [0.1, 0.15) is 22.6 Å². The van der Waals surface area contributed by atoms with Crippen molar-refractivity contribution in [2.75, 3.05) is 0 Å². The highest BCUT2D eigenvalue weighted by Crippen LogP contribution is 2.50. The summed E-state index contributed by atoms with van der Waals surface area (Å²) in [5.74, 6) is 0.345. The predicted octanol–water partition coefficient (Wildman–Crippen LogP) is 9.06. The highest BCUT2D eigenvalue weighted by atomic mass is 14.9. The molecule has 6 aromatic rings. The number of rotatable bonds is 2. The molecular weight excluding hydrogens is 472 g/mol. The van der Waals surface area contributed by atoms with Gasteiger partial charge in [0, 0.05) is 16.9 Å². The Balaban J connectivity index is 1.36. The summed E-state index contributed by atoms with van der Waals surface area (Å²) in [5.41, 5.74) is 16.6. The Morgan fingerprint density at radius 2 is 1.49 bits per heavy atom. The maximum Gasteiger partial charge on any atom is 0.0871 e. The number of hydrogen-bond acceptors (Lipinski definition) is 1. The minimum atomic E-state index is 0.345. The smallest absolute Gasteiger partial charge is 0.0871 e. The largest absolute Gasteiger partial charge is 0.306 e. The molecule has 2 heteroatoms. The van der Waals surface area contributed by atoms with E-state index in [2.05, 4.69) is 126 Å². The molecule has 0 saturated carbocycles. The van der Waals surface area contributed by atoms with Gasteiger partial charge in [-0.2, -0.15) is 0 Å². The van der Waals surface area contributed by atoms with Crippen molar-refractivity contribution in [1.82, 2.24) is 9.38 Å². The molecule has 0 spiro atoms. The number of hydrogen-bond donors (Lipinski definition) is 0. The second-order valence-electron chi connectivity index (χ2n) is 10.7. The fourth-order valence-corrected chi connectivity index (χ4v) is 7.10. The van der Waals surface area contributed by atoms with E-state index in [1.165, 1.54) is 61.0 Å². The van der Waals surface area contributed by atoms with Crippen LogP contribution in [0, 0.1) is 0 Å². The van der Waals surface area contributed by atoms with Crippen LogP contribution in [0.4, 0.5) is 0 Å². The molecule has 0 aliphatic heterocycles. The van der Waals surface area contributed by atoms with Gasteiger partial charge in [0.1, 0.15) is 0 Å². The zero-order chi connectivity index (χ0) is 25.5. The second kappa shape index (κ2) is 7.78. The summed E-state index contributed by atoms with van der Waals surface area (Å²) in [5, 5.41) is 1.25. The van der Waals surface area contributed by atoms with Crippen molar-refractivity contribution in [2.24, 2.45) is 0 Å². The first-order valence-electron chi connectivity index (χ1n) is 13.7. The molecule has 1 atom stereocenters. The molecule has 0 fully saturated rings. The monoisotopic (exact) mass is 496 g/mol. The van der Waals surface area contributed by atoms with Crippen LogP contribution in [-0.2, 0) is 6.42 Å². The molecule has 2 nitrogen and oxygen atoms in total. The molecule has 9 rings (SSSR count). The lowest BCUT2D eigenvalue weighted by atomic mass is 9.69. The Morgan fingerprint density at radius 1 is 0.667 bits per heavy atom. The van der Waals surface area contributed by atoms with Crippen molar-refractivity contribution in [1.29, 1.82) is 0 Å². The van der Waals surface area contributed by atoms with E-state index in [4.69, 9.17) is 4.98 Å². The number of benzene rings is 4. The van der Waals surface area contributed by atoms with Crippen LogP contribution in [-0.4, -0.2) is 9.38 Å². The van der Waals surface area contributed by atoms with Gasteiger partial charge >= 0.3 is 0 Å². The lowest BCUT2D eigenvalue weighted by molar-refractivity contribution is 0.893. The van der Waals surface area contributed by atoms with Gasteiger partial charge in [0.2, 0.25) is 0 Å². The van der Waals surface area contributed by atoms with Crippen molar-refractivity contribution in [3.63, 3.8) is 0 Å². The standard InChI is InChI=1S/C37H24N2/c1-2-11-28(37-30-12-3-5-14-32(30)39-33-15-6-4-13-31(33)38-22-34(37)39)26(10-1)27-20-18-25-17-16-23-8-7-9-24-19-21-29(27)36(25)35(23)24/h1-16,18-22,35H,17H2. The predicted molar refractivity (Wildman–Crippen MR) is 162 cm³/mol. The summed E-state index contributed by atoms with van der Waals surface area (Å²) in [6, 6.07) is 30.8. The average molecular weight is 497 g/mol. The molecule has 0 amide bonds. The SMILES string of the molecule is C1=CC2=CCc3ccc(-c4ccccc4-c4c5ccccc5n5c4cnc4ccccc45)c4c3C2C(=C1)C=C4. The average Bonchev–Trinajstić information content (AvgIpc) is 3.34. The van der Waals surface area contributed by atoms with Gasteiger partial charge in [-0.05, 0) is 69.1 Å². The molecule has 2 heterocycles. The number of nitrogens with zero attached hydrogens (tertiary/aromatic N) is 2. The summed E-state index contributed by atoms with van der Waals surface area (Å²) in [6.45, 7) is 0. The van der Waals surface area contributed by atoms with Crippen LogP contribution in [0.15, 0.2) is 133 Å². The Kier molecular flexibility index (Phi) is 4.20. The molecule has 3 aliphatic rings. The Labute approximate surface area is 226 Å². The molecule has 0 saturated heterocycles. The molecule has 3 aliphatic carbocycles. The fraction of sp³-hybridized carbons (Fsp3) is 0.0541. The Bertz CT molecular complexity index is 2150. The minimum Gasteiger partial charge on any atom is -0.306 e. The van der Waals surface area contributed by atoms with Crippen LogP contribution >= 0.6 is 0 Å². The van der Waals surface area contributed by atoms with E-state index in [9.17, 15) is 0 Å². The molecular formula is C37H24N2. The molecule has 1 unspecified atom stereocenters. The third-order valence-corrected chi connectivity index (χ3v) is 8.76. The maximum absolute atomic E-state index is 4.89. The third-order valence-electron chi connectivity index (χ3n) is 8.76. The van der Waals surface area contributed by atoms with E-state index in [0.717, 1.165) is 23.0 Å². The molecule has 0 bridgehead atoms. The van der Waals surface area contributed by atoms with Crippen LogP contribution < -0.4 is 0 Å². The Morgan fingerprint density at radius 3 is 2.44 bits per heavy atom. The first kappa shape index (κ1) is 21.0. The highest BCUT2D eigenvalue weighted by molar-refractivity contribution is 6.10. The van der Waals surface area contributed by atoms with Crippen LogP contribution in [0.3, 0.4) is 0 Å². The van der Waals surface area contributed by atoms with Crippen LogP contribution in [0.25, 0.3) is 55.8 Å². The summed E-state index contributed by atoms with van der Waals surface area (Å²) >= 11 is 0. The first-order valence-corrected chi connectivity index (χ1v) is 13.7. The summed E-state index contributed by atoms with van der Waals surface area (Å²) < 4.78 is 2.38.